The van der Waals surface area contributed by atoms with Crippen LogP contribution in [0.1, 0.15) is 47.0 Å². The van der Waals surface area contributed by atoms with Gasteiger partial charge in [-0.1, -0.05) is 20.8 Å². The van der Waals surface area contributed by atoms with Crippen LogP contribution in [0.2, 0.25) is 0 Å². The summed E-state index contributed by atoms with van der Waals surface area (Å²) in [6.07, 6.45) is 2.97. The molecule has 3 nitrogen and oxygen atoms in total. The highest BCUT2D eigenvalue weighted by Gasteiger charge is 2.16. The van der Waals surface area contributed by atoms with Gasteiger partial charge in [0, 0.05) is 6.54 Å². The Hall–Kier alpha value is -0.590. The molecule has 1 atom stereocenters. The molecule has 0 spiro atoms. The molecule has 0 heterocycles. The molecule has 0 rings (SSSR count). The van der Waals surface area contributed by atoms with Crippen molar-refractivity contribution < 1.29 is 0 Å². The molecule has 0 saturated heterocycles. The fourth-order valence-electron chi connectivity index (χ4n) is 1.78. The maximum Gasteiger partial charge on any atom is 0.101 e. The first-order valence-electron chi connectivity index (χ1n) is 6.33. The molecule has 0 aromatic carbocycles. The fourth-order valence-corrected chi connectivity index (χ4v) is 1.78. The van der Waals surface area contributed by atoms with E-state index >= 15 is 0 Å². The summed E-state index contributed by atoms with van der Waals surface area (Å²) < 4.78 is 0. The molecule has 3 heteroatoms. The average molecular weight is 225 g/mol. The second kappa shape index (κ2) is 7.65. The number of hydrogen-bond donors (Lipinski definition) is 1. The highest BCUT2D eigenvalue weighted by molar-refractivity contribution is 5.00. The quantitative estimate of drug-likeness (QED) is 0.645. The topological polar surface area (TPSA) is 53.0 Å². The van der Waals surface area contributed by atoms with Gasteiger partial charge < -0.3 is 10.6 Å². The summed E-state index contributed by atoms with van der Waals surface area (Å²) in [6.45, 7) is 11.9. The number of hydrogen-bond acceptors (Lipinski definition) is 3. The van der Waals surface area contributed by atoms with E-state index < -0.39 is 5.54 Å². The molecule has 1 unspecified atom stereocenters. The van der Waals surface area contributed by atoms with E-state index in [9.17, 15) is 0 Å². The van der Waals surface area contributed by atoms with Gasteiger partial charge in [0.1, 0.15) is 5.54 Å². The minimum Gasteiger partial charge on any atom is -0.314 e. The smallest absolute Gasteiger partial charge is 0.101 e. The first kappa shape index (κ1) is 15.4. The number of nitrogens with zero attached hydrogens (tertiary/aromatic N) is 2. The van der Waals surface area contributed by atoms with Gasteiger partial charge in [-0.25, -0.2) is 0 Å². The predicted octanol–water partition coefficient (Wildman–Crippen LogP) is 2.38. The van der Waals surface area contributed by atoms with Crippen molar-refractivity contribution in [2.45, 2.75) is 52.5 Å². The molecule has 16 heavy (non-hydrogen) atoms. The Morgan fingerprint density at radius 2 is 2.00 bits per heavy atom. The summed E-state index contributed by atoms with van der Waals surface area (Å²) >= 11 is 0. The standard InChI is InChI=1S/C13H27N3/c1-5-16(10-12(2)3)9-7-6-8-13(4,15)11-14/h12H,5-10,15H2,1-4H3. The van der Waals surface area contributed by atoms with Gasteiger partial charge in [-0.15, -0.1) is 0 Å². The molecule has 0 bridgehead atoms. The van der Waals surface area contributed by atoms with Crippen molar-refractivity contribution >= 4 is 0 Å². The van der Waals surface area contributed by atoms with E-state index in [1.54, 1.807) is 6.92 Å². The Morgan fingerprint density at radius 1 is 1.38 bits per heavy atom. The van der Waals surface area contributed by atoms with E-state index in [4.69, 9.17) is 11.0 Å². The molecular weight excluding hydrogens is 198 g/mol. The van der Waals surface area contributed by atoms with Crippen LogP contribution in [-0.4, -0.2) is 30.1 Å². The highest BCUT2D eigenvalue weighted by atomic mass is 15.1. The summed E-state index contributed by atoms with van der Waals surface area (Å²) in [6, 6.07) is 2.14. The van der Waals surface area contributed by atoms with Crippen LogP contribution in [0.4, 0.5) is 0 Å². The lowest BCUT2D eigenvalue weighted by Gasteiger charge is -2.23. The summed E-state index contributed by atoms with van der Waals surface area (Å²) in [5.74, 6) is 0.721. The van der Waals surface area contributed by atoms with Gasteiger partial charge in [-0.3, -0.25) is 0 Å². The van der Waals surface area contributed by atoms with Crippen LogP contribution >= 0.6 is 0 Å². The SMILES string of the molecule is CCN(CCCCC(C)(N)C#N)CC(C)C. The molecule has 0 amide bonds. The third kappa shape index (κ3) is 7.67. The normalized spacial score (nSPS) is 15.1. The van der Waals surface area contributed by atoms with Crippen LogP contribution in [0.3, 0.4) is 0 Å². The summed E-state index contributed by atoms with van der Waals surface area (Å²) in [5, 5.41) is 8.78. The van der Waals surface area contributed by atoms with Gasteiger partial charge in [-0.05, 0) is 45.2 Å². The molecule has 94 valence electrons. The Kier molecular flexibility index (Phi) is 7.36. The Balaban J connectivity index is 3.68. The molecule has 0 aromatic rings. The van der Waals surface area contributed by atoms with Crippen LogP contribution in [0.25, 0.3) is 0 Å². The van der Waals surface area contributed by atoms with Crippen LogP contribution in [-0.2, 0) is 0 Å². The van der Waals surface area contributed by atoms with E-state index in [2.05, 4.69) is 31.7 Å². The van der Waals surface area contributed by atoms with Gasteiger partial charge in [0.2, 0.25) is 0 Å². The predicted molar refractivity (Wildman–Crippen MR) is 69.0 cm³/mol. The molecule has 0 aliphatic carbocycles. The third-order valence-electron chi connectivity index (χ3n) is 2.75. The summed E-state index contributed by atoms with van der Waals surface area (Å²) in [7, 11) is 0. The van der Waals surface area contributed by atoms with Gasteiger partial charge in [0.15, 0.2) is 0 Å². The van der Waals surface area contributed by atoms with Crippen molar-refractivity contribution in [3.05, 3.63) is 0 Å². The second-order valence-corrected chi connectivity index (χ2v) is 5.27. The van der Waals surface area contributed by atoms with Crippen molar-refractivity contribution in [1.29, 1.82) is 5.26 Å². The molecule has 0 aliphatic rings. The largest absolute Gasteiger partial charge is 0.314 e. The minimum atomic E-state index is -0.644. The van der Waals surface area contributed by atoms with Crippen LogP contribution in [0.5, 0.6) is 0 Å². The van der Waals surface area contributed by atoms with Crippen LogP contribution < -0.4 is 5.73 Å². The fraction of sp³-hybridized carbons (Fsp3) is 0.923. The lowest BCUT2D eigenvalue weighted by molar-refractivity contribution is 0.249. The monoisotopic (exact) mass is 225 g/mol. The molecule has 0 aliphatic heterocycles. The molecule has 0 fully saturated rings. The maximum absolute atomic E-state index is 8.78. The van der Waals surface area contributed by atoms with Gasteiger partial charge in [0.25, 0.3) is 0 Å². The lowest BCUT2D eigenvalue weighted by atomic mass is 9.98. The number of nitriles is 1. The molecule has 0 radical (unpaired) electrons. The number of nitrogens with two attached hydrogens (primary N) is 1. The first-order valence-corrected chi connectivity index (χ1v) is 6.33. The molecule has 0 saturated carbocycles. The van der Waals surface area contributed by atoms with Crippen molar-refractivity contribution in [2.75, 3.05) is 19.6 Å². The van der Waals surface area contributed by atoms with E-state index in [1.165, 1.54) is 0 Å². The van der Waals surface area contributed by atoms with Crippen molar-refractivity contribution in [1.82, 2.24) is 4.90 Å². The number of unbranched alkanes of at least 4 members (excludes halogenated alkanes) is 1. The zero-order valence-corrected chi connectivity index (χ0v) is 11.3. The van der Waals surface area contributed by atoms with Crippen molar-refractivity contribution in [3.8, 4) is 6.07 Å². The third-order valence-corrected chi connectivity index (χ3v) is 2.75. The van der Waals surface area contributed by atoms with Gasteiger partial charge in [0.05, 0.1) is 6.07 Å². The van der Waals surface area contributed by atoms with Crippen LogP contribution in [0.15, 0.2) is 0 Å². The zero-order valence-electron chi connectivity index (χ0n) is 11.3. The molecule has 2 N–H and O–H groups in total. The molecular formula is C13H27N3. The summed E-state index contributed by atoms with van der Waals surface area (Å²) in [4.78, 5) is 2.46. The Bertz CT molecular complexity index is 216. The lowest BCUT2D eigenvalue weighted by Crippen LogP contribution is -2.34. The van der Waals surface area contributed by atoms with Gasteiger partial charge in [-0.2, -0.15) is 5.26 Å². The minimum absolute atomic E-state index is 0.644. The zero-order chi connectivity index (χ0) is 12.6. The first-order chi connectivity index (χ1) is 7.41. The maximum atomic E-state index is 8.78. The molecule has 0 aromatic heterocycles. The average Bonchev–Trinajstić information content (AvgIpc) is 2.22. The second-order valence-electron chi connectivity index (χ2n) is 5.27. The summed E-state index contributed by atoms with van der Waals surface area (Å²) in [5.41, 5.74) is 5.13. The highest BCUT2D eigenvalue weighted by Crippen LogP contribution is 2.10. The van der Waals surface area contributed by atoms with Crippen molar-refractivity contribution in [3.63, 3.8) is 0 Å². The number of rotatable bonds is 8. The van der Waals surface area contributed by atoms with E-state index in [1.807, 2.05) is 0 Å². The van der Waals surface area contributed by atoms with Gasteiger partial charge >= 0.3 is 0 Å². The van der Waals surface area contributed by atoms with E-state index in [-0.39, 0.29) is 0 Å². The van der Waals surface area contributed by atoms with E-state index in [0.29, 0.717) is 0 Å². The van der Waals surface area contributed by atoms with E-state index in [0.717, 1.165) is 44.8 Å². The van der Waals surface area contributed by atoms with Crippen LogP contribution in [0, 0.1) is 17.2 Å². The Labute approximate surface area is 101 Å². The van der Waals surface area contributed by atoms with Crippen molar-refractivity contribution in [2.24, 2.45) is 11.7 Å². The Morgan fingerprint density at radius 3 is 2.44 bits per heavy atom.